The van der Waals surface area contributed by atoms with Crippen molar-refractivity contribution in [1.82, 2.24) is 24.5 Å². The summed E-state index contributed by atoms with van der Waals surface area (Å²) in [5.74, 6) is 0.741. The lowest BCUT2D eigenvalue weighted by Gasteiger charge is -2.15. The number of aryl methyl sites for hydroxylation is 2. The van der Waals surface area contributed by atoms with E-state index in [4.69, 9.17) is 4.52 Å². The maximum Gasteiger partial charge on any atom is 0.243 e. The largest absolute Gasteiger partial charge is 0.360 e. The van der Waals surface area contributed by atoms with E-state index in [0.29, 0.717) is 42.2 Å². The van der Waals surface area contributed by atoms with Gasteiger partial charge in [-0.15, -0.1) is 5.10 Å². The first-order valence-corrected chi connectivity index (χ1v) is 10.4. The van der Waals surface area contributed by atoms with Crippen LogP contribution in [0, 0.1) is 6.92 Å². The molecule has 1 fully saturated rings. The molecule has 0 radical (unpaired) electrons. The minimum Gasteiger partial charge on any atom is -0.360 e. The summed E-state index contributed by atoms with van der Waals surface area (Å²) in [7, 11) is -3.50. The summed E-state index contributed by atoms with van der Waals surface area (Å²) in [6.07, 6.45) is 1.93. The normalized spacial score (nSPS) is 15.3. The average Bonchev–Trinajstić information content (AvgIpc) is 3.41. The van der Waals surface area contributed by atoms with Crippen LogP contribution in [0.2, 0.25) is 0 Å². The Morgan fingerprint density at radius 3 is 2.75 bits per heavy atom. The Kier molecular flexibility index (Phi) is 4.85. The van der Waals surface area contributed by atoms with Gasteiger partial charge in [0.05, 0.1) is 17.0 Å². The maximum atomic E-state index is 12.7. The molecule has 11 heteroatoms. The molecule has 1 amide bonds. The minimum atomic E-state index is -3.50. The number of fused-ring (bicyclic) bond motifs is 1. The van der Waals surface area contributed by atoms with Crippen molar-refractivity contribution < 1.29 is 17.7 Å². The van der Waals surface area contributed by atoms with Crippen molar-refractivity contribution >= 4 is 32.8 Å². The van der Waals surface area contributed by atoms with E-state index in [-0.39, 0.29) is 17.2 Å². The molecule has 0 unspecified atom stereocenters. The fourth-order valence-corrected chi connectivity index (χ4v) is 4.73. The van der Waals surface area contributed by atoms with Crippen molar-refractivity contribution in [2.45, 2.75) is 37.6 Å². The molecule has 3 heterocycles. The summed E-state index contributed by atoms with van der Waals surface area (Å²) in [6, 6.07) is 6.40. The van der Waals surface area contributed by atoms with Crippen LogP contribution in [-0.2, 0) is 21.4 Å². The molecule has 28 heavy (non-hydrogen) atoms. The molecule has 1 saturated heterocycles. The van der Waals surface area contributed by atoms with Gasteiger partial charge >= 0.3 is 0 Å². The number of aromatic nitrogens is 4. The molecule has 0 saturated carbocycles. The van der Waals surface area contributed by atoms with Crippen LogP contribution >= 0.6 is 0 Å². The molecule has 0 spiro atoms. The van der Waals surface area contributed by atoms with Gasteiger partial charge in [0.25, 0.3) is 0 Å². The molecular weight excluding hydrogens is 384 g/mol. The van der Waals surface area contributed by atoms with E-state index < -0.39 is 10.0 Å². The summed E-state index contributed by atoms with van der Waals surface area (Å²) < 4.78 is 33.3. The molecule has 1 aromatic carbocycles. The predicted molar refractivity (Wildman–Crippen MR) is 100 cm³/mol. The molecule has 0 atom stereocenters. The van der Waals surface area contributed by atoms with Gasteiger partial charge in [-0.05, 0) is 38.0 Å². The van der Waals surface area contributed by atoms with Gasteiger partial charge in [0.1, 0.15) is 11.3 Å². The van der Waals surface area contributed by atoms with E-state index in [0.717, 1.165) is 12.8 Å². The predicted octanol–water partition coefficient (Wildman–Crippen LogP) is 1.54. The van der Waals surface area contributed by atoms with Crippen LogP contribution in [0.25, 0.3) is 11.0 Å². The molecule has 3 aromatic rings. The van der Waals surface area contributed by atoms with Crippen LogP contribution in [0.4, 0.5) is 5.82 Å². The summed E-state index contributed by atoms with van der Waals surface area (Å²) in [4.78, 5) is 12.3. The van der Waals surface area contributed by atoms with Gasteiger partial charge in [0, 0.05) is 25.6 Å². The lowest BCUT2D eigenvalue weighted by Crippen LogP contribution is -2.27. The van der Waals surface area contributed by atoms with Crippen molar-refractivity contribution in [1.29, 1.82) is 0 Å². The highest BCUT2D eigenvalue weighted by molar-refractivity contribution is 7.89. The third kappa shape index (κ3) is 3.62. The van der Waals surface area contributed by atoms with Crippen molar-refractivity contribution in [3.63, 3.8) is 0 Å². The number of benzene rings is 1. The number of amides is 1. The van der Waals surface area contributed by atoms with Crippen molar-refractivity contribution in [3.8, 4) is 0 Å². The Labute approximate surface area is 161 Å². The fourth-order valence-electron chi connectivity index (χ4n) is 3.19. The molecular formula is C17H20N6O4S. The third-order valence-electron chi connectivity index (χ3n) is 4.63. The van der Waals surface area contributed by atoms with E-state index in [1.165, 1.54) is 10.4 Å². The Balaban J connectivity index is 1.46. The zero-order chi connectivity index (χ0) is 19.7. The first-order chi connectivity index (χ1) is 13.4. The van der Waals surface area contributed by atoms with Gasteiger partial charge in [-0.1, -0.05) is 10.4 Å². The number of anilines is 1. The first kappa shape index (κ1) is 18.6. The SMILES string of the molecule is Cc1cc(NC(=O)CCn2nnc3cc(S(=O)(=O)N4CCCC4)ccc32)no1. The van der Waals surface area contributed by atoms with Gasteiger partial charge < -0.3 is 9.84 Å². The molecule has 10 nitrogen and oxygen atoms in total. The topological polar surface area (TPSA) is 123 Å². The van der Waals surface area contributed by atoms with Gasteiger partial charge in [-0.3, -0.25) is 4.79 Å². The second kappa shape index (κ2) is 7.32. The summed E-state index contributed by atoms with van der Waals surface area (Å²) in [5, 5.41) is 14.5. The van der Waals surface area contributed by atoms with E-state index in [2.05, 4.69) is 20.8 Å². The van der Waals surface area contributed by atoms with E-state index in [1.54, 1.807) is 29.8 Å². The number of nitrogens with one attached hydrogen (secondary N) is 1. The molecule has 148 valence electrons. The van der Waals surface area contributed by atoms with Crippen LogP contribution in [0.5, 0.6) is 0 Å². The molecule has 1 aliphatic heterocycles. The standard InChI is InChI=1S/C17H20N6O4S/c1-12-10-16(20-27-12)18-17(24)6-9-23-15-5-4-13(11-14(15)19-21-23)28(25,26)22-7-2-3-8-22/h4-5,10-11H,2-3,6-9H2,1H3,(H,18,20,24). The lowest BCUT2D eigenvalue weighted by molar-refractivity contribution is -0.116. The zero-order valence-electron chi connectivity index (χ0n) is 15.3. The second-order valence-corrected chi connectivity index (χ2v) is 8.63. The smallest absolute Gasteiger partial charge is 0.243 e. The molecule has 0 aliphatic carbocycles. The summed E-state index contributed by atoms with van der Waals surface area (Å²) >= 11 is 0. The van der Waals surface area contributed by atoms with E-state index >= 15 is 0 Å². The first-order valence-electron chi connectivity index (χ1n) is 9.00. The Morgan fingerprint density at radius 1 is 1.25 bits per heavy atom. The Bertz CT molecular complexity index is 1110. The van der Waals surface area contributed by atoms with E-state index in [1.807, 2.05) is 0 Å². The molecule has 0 bridgehead atoms. The average molecular weight is 404 g/mol. The number of sulfonamides is 1. The van der Waals surface area contributed by atoms with Gasteiger partial charge in [0.2, 0.25) is 15.9 Å². The highest BCUT2D eigenvalue weighted by atomic mass is 32.2. The Morgan fingerprint density at radius 2 is 2.04 bits per heavy atom. The van der Waals surface area contributed by atoms with Gasteiger partial charge in [0.15, 0.2) is 5.82 Å². The maximum absolute atomic E-state index is 12.7. The number of hydrogen-bond donors (Lipinski definition) is 1. The van der Waals surface area contributed by atoms with Crippen LogP contribution < -0.4 is 5.32 Å². The van der Waals surface area contributed by atoms with Gasteiger partial charge in [-0.2, -0.15) is 4.31 Å². The van der Waals surface area contributed by atoms with Crippen molar-refractivity contribution in [2.75, 3.05) is 18.4 Å². The minimum absolute atomic E-state index is 0.165. The van der Waals surface area contributed by atoms with Crippen LogP contribution in [0.15, 0.2) is 33.7 Å². The zero-order valence-corrected chi connectivity index (χ0v) is 16.1. The molecule has 2 aromatic heterocycles. The quantitative estimate of drug-likeness (QED) is 0.661. The molecule has 1 N–H and O–H groups in total. The monoisotopic (exact) mass is 404 g/mol. The van der Waals surface area contributed by atoms with Crippen molar-refractivity contribution in [3.05, 3.63) is 30.0 Å². The number of nitrogens with zero attached hydrogens (tertiary/aromatic N) is 5. The fraction of sp³-hybridized carbons (Fsp3) is 0.412. The second-order valence-electron chi connectivity index (χ2n) is 6.70. The third-order valence-corrected chi connectivity index (χ3v) is 6.53. The summed E-state index contributed by atoms with van der Waals surface area (Å²) in [6.45, 7) is 3.14. The van der Waals surface area contributed by atoms with E-state index in [9.17, 15) is 13.2 Å². The summed E-state index contributed by atoms with van der Waals surface area (Å²) in [5.41, 5.74) is 1.15. The number of carbonyl (C=O) groups excluding carboxylic acids is 1. The highest BCUT2D eigenvalue weighted by Gasteiger charge is 2.27. The number of hydrogen-bond acceptors (Lipinski definition) is 7. The molecule has 4 rings (SSSR count). The van der Waals surface area contributed by atoms with Gasteiger partial charge in [-0.25, -0.2) is 13.1 Å². The Hall–Kier alpha value is -2.79. The number of carbonyl (C=O) groups is 1. The van der Waals surface area contributed by atoms with Crippen LogP contribution in [-0.4, -0.2) is 51.9 Å². The number of rotatable bonds is 6. The highest BCUT2D eigenvalue weighted by Crippen LogP contribution is 2.23. The van der Waals surface area contributed by atoms with Crippen LogP contribution in [0.3, 0.4) is 0 Å². The molecule has 1 aliphatic rings. The lowest BCUT2D eigenvalue weighted by atomic mass is 10.3. The van der Waals surface area contributed by atoms with Crippen molar-refractivity contribution in [2.24, 2.45) is 0 Å². The van der Waals surface area contributed by atoms with Crippen LogP contribution in [0.1, 0.15) is 25.0 Å².